The molecule has 2 atom stereocenters. The van der Waals surface area contributed by atoms with E-state index in [0.29, 0.717) is 41.3 Å². The highest BCUT2D eigenvalue weighted by Crippen LogP contribution is 2.45. The highest BCUT2D eigenvalue weighted by molar-refractivity contribution is 5.68. The fourth-order valence-electron chi connectivity index (χ4n) is 5.50. The molecule has 2 aliphatic carbocycles. The Morgan fingerprint density at radius 1 is 1.08 bits per heavy atom. The third kappa shape index (κ3) is 4.60. The number of halogens is 1. The Morgan fingerprint density at radius 3 is 2.76 bits per heavy atom. The van der Waals surface area contributed by atoms with Crippen molar-refractivity contribution >= 4 is 0 Å². The molecular formula is C30H30FNO5. The largest absolute Gasteiger partial charge is 0.504 e. The van der Waals surface area contributed by atoms with Gasteiger partial charge in [0.1, 0.15) is 30.1 Å². The van der Waals surface area contributed by atoms with Gasteiger partial charge in [-0.2, -0.15) is 0 Å². The number of allylic oxidation sites excluding steroid dienone is 8. The fourth-order valence-corrected chi connectivity index (χ4v) is 5.50. The van der Waals surface area contributed by atoms with E-state index < -0.39 is 0 Å². The molecule has 6 nitrogen and oxygen atoms in total. The molecule has 37 heavy (non-hydrogen) atoms. The highest BCUT2D eigenvalue weighted by Gasteiger charge is 2.35. The Hall–Kier alpha value is -3.71. The van der Waals surface area contributed by atoms with Crippen LogP contribution < -0.4 is 4.74 Å². The van der Waals surface area contributed by atoms with Crippen molar-refractivity contribution in [3.8, 4) is 5.75 Å². The summed E-state index contributed by atoms with van der Waals surface area (Å²) in [6, 6.07) is 7.92. The van der Waals surface area contributed by atoms with Gasteiger partial charge in [0.05, 0.1) is 12.2 Å². The molecule has 5 aliphatic rings. The smallest absolute Gasteiger partial charge is 0.291 e. The zero-order valence-electron chi connectivity index (χ0n) is 20.5. The molecule has 1 unspecified atom stereocenters. The van der Waals surface area contributed by atoms with Crippen molar-refractivity contribution in [2.45, 2.75) is 25.2 Å². The number of aliphatic hydroxyl groups excluding tert-OH is 2. The monoisotopic (exact) mass is 503 g/mol. The summed E-state index contributed by atoms with van der Waals surface area (Å²) in [4.78, 5) is 2.25. The summed E-state index contributed by atoms with van der Waals surface area (Å²) in [6.07, 6.45) is 13.6. The molecule has 6 rings (SSSR count). The van der Waals surface area contributed by atoms with Gasteiger partial charge >= 0.3 is 0 Å². The van der Waals surface area contributed by atoms with E-state index in [1.54, 1.807) is 0 Å². The lowest BCUT2D eigenvalue weighted by molar-refractivity contribution is 0.142. The molecule has 1 fully saturated rings. The van der Waals surface area contributed by atoms with Crippen LogP contribution in [-0.2, 0) is 9.47 Å². The number of nitrogens with zero attached hydrogens (tertiary/aromatic N) is 1. The molecular weight excluding hydrogens is 473 g/mol. The van der Waals surface area contributed by atoms with Crippen LogP contribution in [0.15, 0.2) is 106 Å². The molecule has 1 saturated heterocycles. The molecule has 0 bridgehead atoms. The van der Waals surface area contributed by atoms with E-state index in [1.165, 1.54) is 6.26 Å². The van der Waals surface area contributed by atoms with Crippen LogP contribution in [-0.4, -0.2) is 48.0 Å². The Morgan fingerprint density at radius 2 is 1.95 bits per heavy atom. The Balaban J connectivity index is 1.17. The minimum atomic E-state index is -0.247. The third-order valence-corrected chi connectivity index (χ3v) is 7.50. The van der Waals surface area contributed by atoms with E-state index >= 15 is 0 Å². The first kappa shape index (κ1) is 23.7. The van der Waals surface area contributed by atoms with Crippen molar-refractivity contribution in [1.29, 1.82) is 0 Å². The van der Waals surface area contributed by atoms with Gasteiger partial charge in [0.25, 0.3) is 5.95 Å². The van der Waals surface area contributed by atoms with Crippen molar-refractivity contribution in [3.63, 3.8) is 0 Å². The summed E-state index contributed by atoms with van der Waals surface area (Å²) in [5.41, 5.74) is 3.42. The lowest BCUT2D eigenvalue weighted by atomic mass is 9.84. The minimum absolute atomic E-state index is 0.0488. The number of likely N-dealkylation sites (tertiary alicyclic amines) is 1. The second-order valence-electron chi connectivity index (χ2n) is 9.91. The summed E-state index contributed by atoms with van der Waals surface area (Å²) >= 11 is 0. The Kier molecular flexibility index (Phi) is 6.38. The minimum Gasteiger partial charge on any atom is -0.504 e. The highest BCUT2D eigenvalue weighted by atomic mass is 19.1. The summed E-state index contributed by atoms with van der Waals surface area (Å²) < 4.78 is 30.3. The van der Waals surface area contributed by atoms with Gasteiger partial charge < -0.3 is 24.4 Å². The molecule has 1 aromatic carbocycles. The molecule has 192 valence electrons. The average molecular weight is 504 g/mol. The van der Waals surface area contributed by atoms with E-state index in [-0.39, 0.29) is 30.2 Å². The van der Waals surface area contributed by atoms with Crippen LogP contribution in [0.3, 0.4) is 0 Å². The van der Waals surface area contributed by atoms with Crippen LogP contribution in [0.5, 0.6) is 5.75 Å². The summed E-state index contributed by atoms with van der Waals surface area (Å²) in [6.45, 7) is 2.86. The summed E-state index contributed by atoms with van der Waals surface area (Å²) in [7, 11) is 0. The maximum absolute atomic E-state index is 12.8. The van der Waals surface area contributed by atoms with E-state index in [0.717, 1.165) is 49.4 Å². The fraction of sp³-hybridized carbons (Fsp3) is 0.333. The topological polar surface area (TPSA) is 71.4 Å². The van der Waals surface area contributed by atoms with Crippen molar-refractivity contribution < 1.29 is 28.8 Å². The number of hydrogen-bond acceptors (Lipinski definition) is 6. The van der Waals surface area contributed by atoms with Crippen LogP contribution in [0.25, 0.3) is 0 Å². The normalized spacial score (nSPS) is 25.0. The zero-order chi connectivity index (χ0) is 25.4. The average Bonchev–Trinajstić information content (AvgIpc) is 3.33. The van der Waals surface area contributed by atoms with Gasteiger partial charge in [-0.3, -0.25) is 9.29 Å². The molecule has 3 aliphatic heterocycles. The van der Waals surface area contributed by atoms with Gasteiger partial charge in [0.15, 0.2) is 5.76 Å². The predicted molar refractivity (Wildman–Crippen MR) is 137 cm³/mol. The number of fused-ring (bicyclic) bond motifs is 3. The Labute approximate surface area is 215 Å². The third-order valence-electron chi connectivity index (χ3n) is 7.50. The molecule has 0 saturated carbocycles. The summed E-state index contributed by atoms with van der Waals surface area (Å²) in [5.74, 6) is 1.78. The Bertz CT molecular complexity index is 1300. The van der Waals surface area contributed by atoms with Crippen molar-refractivity contribution in [2.75, 3.05) is 32.9 Å². The maximum Gasteiger partial charge on any atom is 0.291 e. The van der Waals surface area contributed by atoms with Crippen molar-refractivity contribution in [2.24, 2.45) is 5.92 Å². The van der Waals surface area contributed by atoms with E-state index in [4.69, 9.17) is 14.2 Å². The van der Waals surface area contributed by atoms with Gasteiger partial charge in [0, 0.05) is 48.1 Å². The number of benzene rings is 1. The molecule has 0 radical (unpaired) electrons. The maximum atomic E-state index is 12.8. The lowest BCUT2D eigenvalue weighted by Crippen LogP contribution is -2.26. The number of ether oxygens (including phenoxy) is 3. The van der Waals surface area contributed by atoms with Crippen molar-refractivity contribution in [3.05, 3.63) is 112 Å². The molecule has 7 heteroatoms. The summed E-state index contributed by atoms with van der Waals surface area (Å²) in [5, 5.41) is 21.7. The van der Waals surface area contributed by atoms with Crippen molar-refractivity contribution in [1.82, 2.24) is 4.90 Å². The predicted octanol–water partition coefficient (Wildman–Crippen LogP) is 6.02. The van der Waals surface area contributed by atoms with Crippen LogP contribution in [0.4, 0.5) is 4.39 Å². The first-order valence-corrected chi connectivity index (χ1v) is 12.8. The number of alkyl halides is 1. The number of rotatable bonds is 6. The van der Waals surface area contributed by atoms with E-state index in [2.05, 4.69) is 4.90 Å². The molecule has 0 amide bonds. The molecule has 2 N–H and O–H groups in total. The van der Waals surface area contributed by atoms with Gasteiger partial charge in [-0.25, -0.2) is 0 Å². The van der Waals surface area contributed by atoms with Gasteiger partial charge in [-0.15, -0.1) is 0 Å². The van der Waals surface area contributed by atoms with E-state index in [1.807, 2.05) is 54.6 Å². The van der Waals surface area contributed by atoms with Crippen LogP contribution in [0.2, 0.25) is 0 Å². The lowest BCUT2D eigenvalue weighted by Gasteiger charge is -2.27. The first-order valence-electron chi connectivity index (χ1n) is 12.8. The molecule has 3 heterocycles. The molecule has 0 spiro atoms. The van der Waals surface area contributed by atoms with Crippen LogP contribution >= 0.6 is 0 Å². The van der Waals surface area contributed by atoms with E-state index in [9.17, 15) is 14.6 Å². The second-order valence-corrected chi connectivity index (χ2v) is 9.91. The second kappa shape index (κ2) is 9.98. The first-order chi connectivity index (χ1) is 18.1. The van der Waals surface area contributed by atoms with Crippen LogP contribution in [0.1, 0.15) is 30.7 Å². The van der Waals surface area contributed by atoms with Gasteiger partial charge in [-0.05, 0) is 43.2 Å². The van der Waals surface area contributed by atoms with Crippen LogP contribution in [0, 0.1) is 5.92 Å². The quantitative estimate of drug-likeness (QED) is 0.494. The van der Waals surface area contributed by atoms with Gasteiger partial charge in [0.2, 0.25) is 0 Å². The number of aliphatic hydroxyl groups is 2. The zero-order valence-corrected chi connectivity index (χ0v) is 20.5. The number of hydrogen-bond donors (Lipinski definition) is 2. The molecule has 1 aromatic rings. The van der Waals surface area contributed by atoms with Gasteiger partial charge in [-0.1, -0.05) is 36.4 Å². The molecule has 0 aromatic heterocycles. The standard InChI is InChI=1S/C30H30FNO5/c31-16-19-11-12-32(17-19)13-14-35-22-8-5-20(6-9-22)21-7-10-24-27(15-21)37-30(34)29-23-3-1-2-4-26(23)36-18-25(33)28(24)29/h1,3,5-10,15,18-19,21,33-34H,2,4,11-14,16-17H2/t19-,21?/m0/s1. The SMILES string of the molecule is OC1=COC2=C(C=CCC2)C2=C(O)OC3=CC(c4ccc(OCCN5CC[C@@H](CF)C5)cc4)C=CC3=C12.